The highest BCUT2D eigenvalue weighted by molar-refractivity contribution is 5.61. The Hall–Kier alpha value is -2.20. The smallest absolute Gasteiger partial charge is 0.142 e. The van der Waals surface area contributed by atoms with Crippen molar-refractivity contribution in [2.24, 2.45) is 5.92 Å². The minimum atomic E-state index is -0.509. The van der Waals surface area contributed by atoms with Gasteiger partial charge in [-0.3, -0.25) is 0 Å². The number of fused-ring (bicyclic) bond motifs is 1. The van der Waals surface area contributed by atoms with Gasteiger partial charge in [0.1, 0.15) is 12.4 Å². The number of ether oxygens (including phenoxy) is 5. The summed E-state index contributed by atoms with van der Waals surface area (Å²) in [6.45, 7) is 6.32. The standard InChI is InChI=1S/C30H42N2O6/c1-34-12-3-10-32-11-13-37-27-9-6-22(14-25(27)32)19-38-29-17-31-16-26(33)30(29)23-7-4-21(5-8-23)18-36-20-24-15-28(24)35-2/h4-9,14,24,26,28-31,33H,3,10-13,15-20H2,1-2H3/t24-,26+,28-,29-,30-/m0/s1. The van der Waals surface area contributed by atoms with Gasteiger partial charge >= 0.3 is 0 Å². The van der Waals surface area contributed by atoms with Crippen molar-refractivity contribution in [1.29, 1.82) is 0 Å². The molecule has 208 valence electrons. The van der Waals surface area contributed by atoms with Crippen LogP contribution in [-0.4, -0.2) is 83.6 Å². The molecule has 2 fully saturated rings. The Labute approximate surface area is 226 Å². The van der Waals surface area contributed by atoms with Crippen molar-refractivity contribution < 1.29 is 28.8 Å². The third kappa shape index (κ3) is 6.86. The SMILES string of the molecule is COCCCN1CCOc2ccc(CO[C@H]3CNC[C@@H](O)[C@@H]3c3ccc(COC[C@@H]4C[C@@H]4OC)cc3)cc21. The zero-order valence-electron chi connectivity index (χ0n) is 22.6. The highest BCUT2D eigenvalue weighted by Crippen LogP contribution is 2.35. The second-order valence-corrected chi connectivity index (χ2v) is 10.6. The van der Waals surface area contributed by atoms with Crippen molar-refractivity contribution in [3.8, 4) is 5.75 Å². The summed E-state index contributed by atoms with van der Waals surface area (Å²) in [5.41, 5.74) is 4.45. The molecule has 2 N–H and O–H groups in total. The number of benzene rings is 2. The highest BCUT2D eigenvalue weighted by atomic mass is 16.5. The summed E-state index contributed by atoms with van der Waals surface area (Å²) in [5, 5.41) is 14.2. The van der Waals surface area contributed by atoms with Crippen LogP contribution in [0.25, 0.3) is 0 Å². The molecule has 1 aliphatic carbocycles. The second-order valence-electron chi connectivity index (χ2n) is 10.6. The zero-order valence-corrected chi connectivity index (χ0v) is 22.6. The van der Waals surface area contributed by atoms with Crippen LogP contribution in [0.1, 0.15) is 35.4 Å². The van der Waals surface area contributed by atoms with E-state index in [2.05, 4.69) is 46.6 Å². The molecule has 2 aliphatic heterocycles. The molecule has 2 aromatic carbocycles. The number of piperidine rings is 1. The van der Waals surface area contributed by atoms with E-state index in [0.717, 1.165) is 67.3 Å². The van der Waals surface area contributed by atoms with E-state index in [1.807, 2.05) is 6.07 Å². The molecule has 5 rings (SSSR count). The quantitative estimate of drug-likeness (QED) is 0.386. The molecule has 8 nitrogen and oxygen atoms in total. The van der Waals surface area contributed by atoms with Crippen LogP contribution < -0.4 is 15.0 Å². The van der Waals surface area contributed by atoms with Crippen LogP contribution in [0, 0.1) is 5.92 Å². The van der Waals surface area contributed by atoms with E-state index in [9.17, 15) is 5.11 Å². The fraction of sp³-hybridized carbons (Fsp3) is 0.600. The minimum Gasteiger partial charge on any atom is -0.490 e. The summed E-state index contributed by atoms with van der Waals surface area (Å²) in [6.07, 6.45) is 1.79. The topological polar surface area (TPSA) is 81.7 Å². The maximum atomic E-state index is 10.9. The van der Waals surface area contributed by atoms with Gasteiger partial charge in [-0.1, -0.05) is 30.3 Å². The molecular weight excluding hydrogens is 484 g/mol. The summed E-state index contributed by atoms with van der Waals surface area (Å²) in [5.74, 6) is 1.36. The van der Waals surface area contributed by atoms with E-state index in [4.69, 9.17) is 23.7 Å². The number of rotatable bonds is 13. The van der Waals surface area contributed by atoms with Crippen LogP contribution in [0.5, 0.6) is 5.75 Å². The Kier molecular flexibility index (Phi) is 9.54. The fourth-order valence-corrected chi connectivity index (χ4v) is 5.57. The van der Waals surface area contributed by atoms with Gasteiger partial charge < -0.3 is 39.0 Å². The molecule has 38 heavy (non-hydrogen) atoms. The molecule has 5 atom stereocenters. The predicted octanol–water partition coefficient (Wildman–Crippen LogP) is 3.11. The molecule has 1 saturated carbocycles. The van der Waals surface area contributed by atoms with Crippen LogP contribution in [0.4, 0.5) is 5.69 Å². The molecule has 8 heteroatoms. The third-order valence-corrected chi connectivity index (χ3v) is 7.86. The molecule has 0 bridgehead atoms. The van der Waals surface area contributed by atoms with Gasteiger partial charge in [0, 0.05) is 52.3 Å². The number of aliphatic hydroxyl groups is 1. The van der Waals surface area contributed by atoms with Gasteiger partial charge in [-0.15, -0.1) is 0 Å². The van der Waals surface area contributed by atoms with Crippen molar-refractivity contribution in [2.45, 2.75) is 50.3 Å². The van der Waals surface area contributed by atoms with Gasteiger partial charge in [0.15, 0.2) is 0 Å². The maximum Gasteiger partial charge on any atom is 0.142 e. The van der Waals surface area contributed by atoms with Crippen LogP contribution in [0.3, 0.4) is 0 Å². The van der Waals surface area contributed by atoms with Crippen molar-refractivity contribution in [3.05, 3.63) is 59.2 Å². The first-order chi connectivity index (χ1) is 18.7. The van der Waals surface area contributed by atoms with E-state index >= 15 is 0 Å². The van der Waals surface area contributed by atoms with E-state index in [1.165, 1.54) is 0 Å². The monoisotopic (exact) mass is 526 g/mol. The Bertz CT molecular complexity index is 1020. The van der Waals surface area contributed by atoms with Gasteiger partial charge in [0.2, 0.25) is 0 Å². The van der Waals surface area contributed by atoms with E-state index in [-0.39, 0.29) is 12.0 Å². The molecule has 1 saturated heterocycles. The average Bonchev–Trinajstić information content (AvgIpc) is 3.71. The van der Waals surface area contributed by atoms with Crippen LogP contribution >= 0.6 is 0 Å². The van der Waals surface area contributed by atoms with Crippen LogP contribution in [0.15, 0.2) is 42.5 Å². The summed E-state index contributed by atoms with van der Waals surface area (Å²) in [7, 11) is 3.50. The zero-order chi connectivity index (χ0) is 26.3. The Morgan fingerprint density at radius 1 is 1.03 bits per heavy atom. The number of aliphatic hydroxyl groups excluding tert-OH is 1. The molecule has 0 spiro atoms. The van der Waals surface area contributed by atoms with Crippen molar-refractivity contribution in [3.63, 3.8) is 0 Å². The lowest BCUT2D eigenvalue weighted by Gasteiger charge is -2.36. The normalized spacial score (nSPS) is 26.6. The largest absolute Gasteiger partial charge is 0.490 e. The summed E-state index contributed by atoms with van der Waals surface area (Å²) >= 11 is 0. The Balaban J connectivity index is 1.19. The molecule has 0 unspecified atom stereocenters. The lowest BCUT2D eigenvalue weighted by Crippen LogP contribution is -2.49. The second kappa shape index (κ2) is 13.2. The van der Waals surface area contributed by atoms with E-state index in [1.54, 1.807) is 14.2 Å². The summed E-state index contributed by atoms with van der Waals surface area (Å²) < 4.78 is 28.8. The molecule has 0 amide bonds. The van der Waals surface area contributed by atoms with Gasteiger partial charge in [-0.2, -0.15) is 0 Å². The Morgan fingerprint density at radius 2 is 1.87 bits per heavy atom. The maximum absolute atomic E-state index is 10.9. The average molecular weight is 527 g/mol. The number of hydrogen-bond donors (Lipinski definition) is 2. The first-order valence-corrected chi connectivity index (χ1v) is 13.9. The van der Waals surface area contributed by atoms with Gasteiger partial charge in [-0.25, -0.2) is 0 Å². The number of hydrogen-bond acceptors (Lipinski definition) is 8. The molecule has 3 aliphatic rings. The number of nitrogens with zero attached hydrogens (tertiary/aromatic N) is 1. The van der Waals surface area contributed by atoms with Crippen LogP contribution in [-0.2, 0) is 32.2 Å². The predicted molar refractivity (Wildman–Crippen MR) is 146 cm³/mol. The summed E-state index contributed by atoms with van der Waals surface area (Å²) in [4.78, 5) is 2.36. The number of methoxy groups -OCH3 is 2. The Morgan fingerprint density at radius 3 is 2.66 bits per heavy atom. The van der Waals surface area contributed by atoms with E-state index < -0.39 is 6.10 Å². The number of nitrogens with one attached hydrogen (secondary N) is 1. The van der Waals surface area contributed by atoms with Gasteiger partial charge in [-0.05, 0) is 41.7 Å². The van der Waals surface area contributed by atoms with Crippen molar-refractivity contribution in [1.82, 2.24) is 5.32 Å². The van der Waals surface area contributed by atoms with Crippen LogP contribution in [0.2, 0.25) is 0 Å². The van der Waals surface area contributed by atoms with Crippen molar-refractivity contribution in [2.75, 3.05) is 65.1 Å². The molecule has 2 aromatic rings. The van der Waals surface area contributed by atoms with E-state index in [0.29, 0.717) is 44.9 Å². The molecule has 0 radical (unpaired) electrons. The third-order valence-electron chi connectivity index (χ3n) is 7.86. The van der Waals surface area contributed by atoms with Gasteiger partial charge in [0.25, 0.3) is 0 Å². The molecular formula is C30H42N2O6. The first-order valence-electron chi connectivity index (χ1n) is 13.9. The first kappa shape index (κ1) is 27.4. The minimum absolute atomic E-state index is 0.0911. The highest BCUT2D eigenvalue weighted by Gasteiger charge is 2.37. The molecule has 0 aromatic heterocycles. The van der Waals surface area contributed by atoms with Crippen molar-refractivity contribution >= 4 is 5.69 Å². The number of β-amino-alcohol motifs (C(OH)–C–C–N with tert-alkyl or cyclic N) is 1. The lowest BCUT2D eigenvalue weighted by atomic mass is 9.85. The fourth-order valence-electron chi connectivity index (χ4n) is 5.57. The van der Waals surface area contributed by atoms with Gasteiger partial charge in [0.05, 0.1) is 50.4 Å². The lowest BCUT2D eigenvalue weighted by molar-refractivity contribution is -0.0328. The molecule has 2 heterocycles. The summed E-state index contributed by atoms with van der Waals surface area (Å²) in [6, 6.07) is 14.7. The number of anilines is 1.